The minimum atomic E-state index is 0.343. The van der Waals surface area contributed by atoms with Gasteiger partial charge < -0.3 is 9.98 Å². The largest absolute Gasteiger partial charge is 0.346 e. The van der Waals surface area contributed by atoms with Crippen molar-refractivity contribution in [2.75, 3.05) is 7.05 Å². The molecule has 3 aromatic heterocycles. The van der Waals surface area contributed by atoms with Gasteiger partial charge in [0, 0.05) is 43.0 Å². The van der Waals surface area contributed by atoms with Crippen LogP contribution in [0.25, 0.3) is 22.3 Å². The van der Waals surface area contributed by atoms with Crippen LogP contribution in [0.15, 0.2) is 36.0 Å². The number of nitrogens with one attached hydrogen (secondary N) is 1. The lowest BCUT2D eigenvalue weighted by Crippen LogP contribution is -2.10. The van der Waals surface area contributed by atoms with Gasteiger partial charge in [-0.05, 0) is 12.5 Å². The molecular weight excluding hydrogens is 288 g/mol. The first-order chi connectivity index (χ1) is 11.3. The minimum Gasteiger partial charge on any atom is -0.346 e. The van der Waals surface area contributed by atoms with Crippen molar-refractivity contribution in [1.29, 1.82) is 0 Å². The Hall–Kier alpha value is -2.50. The molecular formula is C17H22N6. The van der Waals surface area contributed by atoms with E-state index < -0.39 is 0 Å². The fourth-order valence-electron chi connectivity index (χ4n) is 2.79. The number of rotatable bonds is 7. The monoisotopic (exact) mass is 310 g/mol. The highest BCUT2D eigenvalue weighted by atomic mass is 15.3. The van der Waals surface area contributed by atoms with Crippen LogP contribution in [0.4, 0.5) is 0 Å². The van der Waals surface area contributed by atoms with Crippen LogP contribution in [0.2, 0.25) is 0 Å². The van der Waals surface area contributed by atoms with Gasteiger partial charge in [0.15, 0.2) is 0 Å². The molecule has 120 valence electrons. The summed E-state index contributed by atoms with van der Waals surface area (Å²) >= 11 is 0. The van der Waals surface area contributed by atoms with E-state index in [-0.39, 0.29) is 0 Å². The molecule has 3 rings (SSSR count). The molecule has 0 aliphatic rings. The lowest BCUT2D eigenvalue weighted by Gasteiger charge is -2.15. The molecule has 0 saturated carbocycles. The van der Waals surface area contributed by atoms with Gasteiger partial charge in [-0.25, -0.2) is 9.97 Å². The summed E-state index contributed by atoms with van der Waals surface area (Å²) < 4.78 is 2.05. The zero-order valence-corrected chi connectivity index (χ0v) is 13.6. The molecule has 3 heterocycles. The van der Waals surface area contributed by atoms with Gasteiger partial charge in [-0.2, -0.15) is 5.10 Å². The zero-order chi connectivity index (χ0) is 16.1. The Kier molecular flexibility index (Phi) is 4.80. The number of nitrogens with zero attached hydrogens (tertiary/aromatic N) is 5. The first-order valence-electron chi connectivity index (χ1n) is 8.06. The van der Waals surface area contributed by atoms with Gasteiger partial charge in [-0.3, -0.25) is 4.68 Å². The molecule has 0 aromatic carbocycles. The Morgan fingerprint density at radius 1 is 1.39 bits per heavy atom. The Balaban J connectivity index is 1.90. The maximum Gasteiger partial charge on any atom is 0.141 e. The number of fused-ring (bicyclic) bond motifs is 1. The van der Waals surface area contributed by atoms with E-state index in [0.717, 1.165) is 35.1 Å². The van der Waals surface area contributed by atoms with Crippen LogP contribution in [0.5, 0.6) is 0 Å². The van der Waals surface area contributed by atoms with E-state index in [0.29, 0.717) is 6.04 Å². The van der Waals surface area contributed by atoms with Gasteiger partial charge in [0.25, 0.3) is 0 Å². The zero-order valence-electron chi connectivity index (χ0n) is 13.6. The van der Waals surface area contributed by atoms with Crippen molar-refractivity contribution in [2.45, 2.75) is 38.6 Å². The van der Waals surface area contributed by atoms with Gasteiger partial charge in [0.2, 0.25) is 0 Å². The molecule has 0 fully saturated rings. The minimum absolute atomic E-state index is 0.343. The molecule has 0 spiro atoms. The van der Waals surface area contributed by atoms with Crippen molar-refractivity contribution >= 4 is 17.2 Å². The number of aliphatic imine (C=N–C) groups is 1. The standard InChI is InChI=1S/C17H22N6/c1-3-4-5-14(6-8-18-2)23-11-13(10-22-23)16-15-7-9-19-17(15)21-12-20-16/h7-12,14H,3-6H2,1-2H3,(H,19,20,21)/b18-8-. The summed E-state index contributed by atoms with van der Waals surface area (Å²) in [6.07, 6.45) is 13.8. The average molecular weight is 310 g/mol. The number of unbranched alkanes of at least 4 members (excludes halogenated alkanes) is 1. The van der Waals surface area contributed by atoms with Gasteiger partial charge in [-0.15, -0.1) is 0 Å². The van der Waals surface area contributed by atoms with Crippen LogP contribution < -0.4 is 0 Å². The summed E-state index contributed by atoms with van der Waals surface area (Å²) in [7, 11) is 1.81. The van der Waals surface area contributed by atoms with Crippen molar-refractivity contribution < 1.29 is 0 Å². The molecule has 0 bridgehead atoms. The van der Waals surface area contributed by atoms with E-state index >= 15 is 0 Å². The number of hydrogen-bond donors (Lipinski definition) is 1. The first kappa shape index (κ1) is 15.4. The highest BCUT2D eigenvalue weighted by Crippen LogP contribution is 2.26. The number of H-pyrrole nitrogens is 1. The summed E-state index contributed by atoms with van der Waals surface area (Å²) in [6.45, 7) is 2.21. The third-order valence-electron chi connectivity index (χ3n) is 4.05. The second-order valence-electron chi connectivity index (χ2n) is 5.64. The Morgan fingerprint density at radius 2 is 2.30 bits per heavy atom. The van der Waals surface area contributed by atoms with E-state index in [1.54, 1.807) is 6.33 Å². The normalized spacial score (nSPS) is 13.1. The molecule has 1 unspecified atom stereocenters. The fraction of sp³-hybridized carbons (Fsp3) is 0.412. The molecule has 0 radical (unpaired) electrons. The van der Waals surface area contributed by atoms with Crippen LogP contribution in [-0.4, -0.2) is 38.0 Å². The maximum atomic E-state index is 4.57. The maximum absolute atomic E-state index is 4.57. The molecule has 0 amide bonds. The number of aromatic amines is 1. The van der Waals surface area contributed by atoms with Crippen molar-refractivity contribution in [3.8, 4) is 11.3 Å². The van der Waals surface area contributed by atoms with Crippen LogP contribution >= 0.6 is 0 Å². The molecule has 1 N–H and O–H groups in total. The van der Waals surface area contributed by atoms with Crippen LogP contribution in [0, 0.1) is 0 Å². The van der Waals surface area contributed by atoms with E-state index in [2.05, 4.69) is 38.2 Å². The van der Waals surface area contributed by atoms with Crippen molar-refractivity contribution in [3.05, 3.63) is 31.0 Å². The van der Waals surface area contributed by atoms with Crippen LogP contribution in [0.1, 0.15) is 38.6 Å². The summed E-state index contributed by atoms with van der Waals surface area (Å²) in [6, 6.07) is 2.34. The van der Waals surface area contributed by atoms with Crippen LogP contribution in [0.3, 0.4) is 0 Å². The van der Waals surface area contributed by atoms with Gasteiger partial charge in [0.05, 0.1) is 17.9 Å². The molecule has 6 nitrogen and oxygen atoms in total. The fourth-order valence-corrected chi connectivity index (χ4v) is 2.79. The van der Waals surface area contributed by atoms with E-state index in [1.165, 1.54) is 12.8 Å². The number of aromatic nitrogens is 5. The van der Waals surface area contributed by atoms with Gasteiger partial charge >= 0.3 is 0 Å². The van der Waals surface area contributed by atoms with E-state index in [4.69, 9.17) is 0 Å². The summed E-state index contributed by atoms with van der Waals surface area (Å²) in [5, 5.41) is 5.59. The topological polar surface area (TPSA) is 71.8 Å². The second-order valence-corrected chi connectivity index (χ2v) is 5.64. The molecule has 23 heavy (non-hydrogen) atoms. The predicted molar refractivity (Wildman–Crippen MR) is 92.7 cm³/mol. The molecule has 1 atom stereocenters. The third-order valence-corrected chi connectivity index (χ3v) is 4.05. The highest BCUT2D eigenvalue weighted by molar-refractivity contribution is 5.89. The molecule has 0 aliphatic carbocycles. The summed E-state index contributed by atoms with van der Waals surface area (Å²) in [5.74, 6) is 0. The van der Waals surface area contributed by atoms with Gasteiger partial charge in [0.1, 0.15) is 12.0 Å². The SMILES string of the molecule is CCCCC(C/C=N\C)n1cc(-c2ncnc3[nH]ccc23)cn1. The lowest BCUT2D eigenvalue weighted by molar-refractivity contribution is 0.425. The van der Waals surface area contributed by atoms with E-state index in [1.807, 2.05) is 36.4 Å². The third kappa shape index (κ3) is 3.31. The Labute approximate surface area is 135 Å². The predicted octanol–water partition coefficient (Wildman–Crippen LogP) is 3.64. The first-order valence-corrected chi connectivity index (χ1v) is 8.06. The molecule has 6 heteroatoms. The quantitative estimate of drug-likeness (QED) is 0.677. The lowest BCUT2D eigenvalue weighted by atomic mass is 10.1. The molecule has 0 saturated heterocycles. The summed E-state index contributed by atoms with van der Waals surface area (Å²) in [4.78, 5) is 15.9. The number of hydrogen-bond acceptors (Lipinski definition) is 4. The highest BCUT2D eigenvalue weighted by Gasteiger charge is 2.14. The smallest absolute Gasteiger partial charge is 0.141 e. The Morgan fingerprint density at radius 3 is 3.13 bits per heavy atom. The van der Waals surface area contributed by atoms with Crippen molar-refractivity contribution in [1.82, 2.24) is 24.7 Å². The van der Waals surface area contributed by atoms with Gasteiger partial charge in [-0.1, -0.05) is 19.8 Å². The van der Waals surface area contributed by atoms with E-state index in [9.17, 15) is 0 Å². The molecule has 0 aliphatic heterocycles. The van der Waals surface area contributed by atoms with Crippen LogP contribution in [-0.2, 0) is 0 Å². The molecule has 3 aromatic rings. The van der Waals surface area contributed by atoms with Crippen molar-refractivity contribution in [3.63, 3.8) is 0 Å². The second kappa shape index (κ2) is 7.17. The average Bonchev–Trinajstić information content (AvgIpc) is 3.24. The summed E-state index contributed by atoms with van der Waals surface area (Å²) in [5.41, 5.74) is 2.79. The Bertz CT molecular complexity index is 785. The van der Waals surface area contributed by atoms with Crippen molar-refractivity contribution in [2.24, 2.45) is 4.99 Å².